The number of nitrogens with zero attached hydrogens (tertiary/aromatic N) is 4. The first kappa shape index (κ1) is 28.4. The van der Waals surface area contributed by atoms with Gasteiger partial charge in [-0.2, -0.15) is 0 Å². The maximum atomic E-state index is 4.70. The molecule has 0 atom stereocenters. The molecule has 5 heterocycles. The van der Waals surface area contributed by atoms with Crippen molar-refractivity contribution in [2.24, 2.45) is 0 Å². The van der Waals surface area contributed by atoms with Crippen LogP contribution in [0.15, 0.2) is 180 Å². The Hall–Kier alpha value is -6.43. The van der Waals surface area contributed by atoms with Crippen molar-refractivity contribution < 1.29 is 0 Å². The van der Waals surface area contributed by atoms with Crippen molar-refractivity contribution >= 4 is 55.4 Å². The van der Waals surface area contributed by atoms with Crippen LogP contribution in [0.2, 0.25) is 0 Å². The first-order valence-electron chi connectivity index (χ1n) is 17.1. The third-order valence-electron chi connectivity index (χ3n) is 10.2. The molecule has 11 rings (SSSR count). The first-order chi connectivity index (χ1) is 25.3. The molecule has 1 aliphatic rings. The van der Waals surface area contributed by atoms with E-state index in [9.17, 15) is 0 Å². The number of hydrogen-bond donors (Lipinski definition) is 0. The Morgan fingerprint density at radius 1 is 0.451 bits per heavy atom. The van der Waals surface area contributed by atoms with Crippen LogP contribution in [0.4, 0.5) is 0 Å². The highest BCUT2D eigenvalue weighted by molar-refractivity contribution is 7.99. The minimum atomic E-state index is 0.944. The van der Waals surface area contributed by atoms with Crippen LogP contribution < -0.4 is 0 Å². The average molecular weight is 669 g/mol. The van der Waals surface area contributed by atoms with E-state index in [-0.39, 0.29) is 0 Å². The predicted molar refractivity (Wildman–Crippen MR) is 211 cm³/mol. The molecule has 0 N–H and O–H groups in total. The molecule has 0 fully saturated rings. The Bertz CT molecular complexity index is 2940. The lowest BCUT2D eigenvalue weighted by Crippen LogP contribution is -2.01. The van der Waals surface area contributed by atoms with E-state index >= 15 is 0 Å². The molecule has 1 aliphatic heterocycles. The van der Waals surface area contributed by atoms with E-state index < -0.39 is 0 Å². The Kier molecular flexibility index (Phi) is 6.15. The maximum Gasteiger partial charge on any atom is 0.0702 e. The van der Waals surface area contributed by atoms with Gasteiger partial charge in [0.05, 0.1) is 33.4 Å². The molecule has 5 heteroatoms. The highest BCUT2D eigenvalue weighted by Crippen LogP contribution is 2.51. The zero-order chi connectivity index (χ0) is 33.5. The number of fused-ring (bicyclic) bond motifs is 9. The van der Waals surface area contributed by atoms with Gasteiger partial charge in [0.1, 0.15) is 0 Å². The topological polar surface area (TPSA) is 35.6 Å². The van der Waals surface area contributed by atoms with Crippen LogP contribution in [0.5, 0.6) is 0 Å². The van der Waals surface area contributed by atoms with E-state index in [0.717, 1.165) is 39.2 Å². The summed E-state index contributed by atoms with van der Waals surface area (Å²) in [6.45, 7) is 0. The lowest BCUT2D eigenvalue weighted by atomic mass is 9.95. The van der Waals surface area contributed by atoms with Crippen LogP contribution in [0.3, 0.4) is 0 Å². The predicted octanol–water partition coefficient (Wildman–Crippen LogP) is 12.1. The molecular weight excluding hydrogens is 641 g/mol. The van der Waals surface area contributed by atoms with Crippen molar-refractivity contribution in [3.05, 3.63) is 170 Å². The fraction of sp³-hybridized carbons (Fsp3) is 0. The summed E-state index contributed by atoms with van der Waals surface area (Å²) in [5.41, 5.74) is 13.8. The van der Waals surface area contributed by atoms with Gasteiger partial charge in [0, 0.05) is 66.7 Å². The molecule has 0 spiro atoms. The third kappa shape index (κ3) is 4.28. The third-order valence-corrected chi connectivity index (χ3v) is 11.3. The van der Waals surface area contributed by atoms with Crippen LogP contribution in [-0.4, -0.2) is 19.1 Å². The number of aromatic nitrogens is 4. The van der Waals surface area contributed by atoms with Crippen LogP contribution in [0.1, 0.15) is 0 Å². The van der Waals surface area contributed by atoms with Crippen LogP contribution in [0.25, 0.3) is 88.5 Å². The number of rotatable bonds is 4. The second-order valence-corrected chi connectivity index (χ2v) is 14.2. The molecule has 0 radical (unpaired) electrons. The van der Waals surface area contributed by atoms with Gasteiger partial charge in [-0.3, -0.25) is 9.97 Å². The van der Waals surface area contributed by atoms with Crippen LogP contribution >= 0.6 is 11.8 Å². The normalized spacial score (nSPS) is 12.2. The van der Waals surface area contributed by atoms with E-state index in [2.05, 4.69) is 148 Å². The van der Waals surface area contributed by atoms with Gasteiger partial charge in [-0.05, 0) is 95.6 Å². The smallest absolute Gasteiger partial charge is 0.0702 e. The molecule has 0 bridgehead atoms. The van der Waals surface area contributed by atoms with Gasteiger partial charge in [-0.25, -0.2) is 0 Å². The molecular formula is C46H28N4S. The lowest BCUT2D eigenvalue weighted by molar-refractivity contribution is 1.09. The summed E-state index contributed by atoms with van der Waals surface area (Å²) in [6, 6.07) is 54.8. The fourth-order valence-corrected chi connectivity index (χ4v) is 9.14. The molecule has 0 unspecified atom stereocenters. The quantitative estimate of drug-likeness (QED) is 0.187. The molecule has 0 aliphatic carbocycles. The van der Waals surface area contributed by atoms with E-state index in [1.165, 1.54) is 59.1 Å². The zero-order valence-corrected chi connectivity index (χ0v) is 28.2. The zero-order valence-electron chi connectivity index (χ0n) is 27.4. The van der Waals surface area contributed by atoms with Gasteiger partial charge in [0.25, 0.3) is 0 Å². The summed E-state index contributed by atoms with van der Waals surface area (Å²) in [5.74, 6) is 0. The van der Waals surface area contributed by atoms with Crippen molar-refractivity contribution in [2.45, 2.75) is 9.79 Å². The standard InChI is InChI=1S/C46H28N4S/c1-3-17-38-35(14-1)44-41(27-43-46-45(44)36-15-2-4-18-39(36)50(46)40-19-5-6-20-42(40)51-43)49(38)34-13-9-11-29(26-34)31-23-32(30-12-10-21-47-28-30)25-33(24-31)37-16-7-8-22-48-37/h1-28H. The van der Waals surface area contributed by atoms with Crippen LogP contribution in [0, 0.1) is 0 Å². The van der Waals surface area contributed by atoms with E-state index in [4.69, 9.17) is 4.98 Å². The van der Waals surface area contributed by atoms with Gasteiger partial charge < -0.3 is 9.13 Å². The highest BCUT2D eigenvalue weighted by atomic mass is 32.2. The molecule has 0 saturated carbocycles. The maximum absolute atomic E-state index is 4.70. The Morgan fingerprint density at radius 2 is 1.18 bits per heavy atom. The van der Waals surface area contributed by atoms with Crippen molar-refractivity contribution in [2.75, 3.05) is 0 Å². The average Bonchev–Trinajstić information content (AvgIpc) is 3.72. The second kappa shape index (κ2) is 11.0. The molecule has 0 amide bonds. The molecule has 4 nitrogen and oxygen atoms in total. The minimum Gasteiger partial charge on any atom is -0.309 e. The van der Waals surface area contributed by atoms with Gasteiger partial charge in [0.15, 0.2) is 0 Å². The van der Waals surface area contributed by atoms with Gasteiger partial charge in [-0.15, -0.1) is 0 Å². The molecule has 238 valence electrons. The molecule has 6 aromatic carbocycles. The number of hydrogen-bond acceptors (Lipinski definition) is 3. The largest absolute Gasteiger partial charge is 0.309 e. The van der Waals surface area contributed by atoms with Gasteiger partial charge >= 0.3 is 0 Å². The molecule has 10 aromatic rings. The Balaban J connectivity index is 1.18. The summed E-state index contributed by atoms with van der Waals surface area (Å²) in [4.78, 5) is 11.7. The minimum absolute atomic E-state index is 0.944. The van der Waals surface area contributed by atoms with Crippen molar-refractivity contribution in [3.8, 4) is 44.9 Å². The van der Waals surface area contributed by atoms with E-state index in [1.807, 2.05) is 48.6 Å². The Morgan fingerprint density at radius 3 is 2.00 bits per heavy atom. The summed E-state index contributed by atoms with van der Waals surface area (Å²) in [7, 11) is 0. The summed E-state index contributed by atoms with van der Waals surface area (Å²) >= 11 is 1.87. The van der Waals surface area contributed by atoms with E-state index in [1.54, 1.807) is 0 Å². The number of para-hydroxylation sites is 3. The molecule has 51 heavy (non-hydrogen) atoms. The van der Waals surface area contributed by atoms with Crippen molar-refractivity contribution in [1.82, 2.24) is 19.1 Å². The van der Waals surface area contributed by atoms with Gasteiger partial charge in [-0.1, -0.05) is 84.6 Å². The van der Waals surface area contributed by atoms with Gasteiger partial charge in [0.2, 0.25) is 0 Å². The summed E-state index contributed by atoms with van der Waals surface area (Å²) in [5, 5.41) is 5.14. The monoisotopic (exact) mass is 668 g/mol. The molecule has 0 saturated heterocycles. The SMILES string of the molecule is c1ccc(-c2cc(-c3cccnc3)cc(-c3cccc(-n4c5ccccc5c5c6c7ccccc7n7c6c(cc54)Sc4ccccc4-7)c3)c2)nc1. The second-order valence-electron chi connectivity index (χ2n) is 13.1. The summed E-state index contributed by atoms with van der Waals surface area (Å²) in [6.07, 6.45) is 5.60. The summed E-state index contributed by atoms with van der Waals surface area (Å²) < 4.78 is 4.94. The fourth-order valence-electron chi connectivity index (χ4n) is 8.03. The first-order valence-corrected chi connectivity index (χ1v) is 18.0. The van der Waals surface area contributed by atoms with Crippen molar-refractivity contribution in [1.29, 1.82) is 0 Å². The van der Waals surface area contributed by atoms with Crippen LogP contribution in [-0.2, 0) is 0 Å². The number of benzene rings is 6. The molecule has 4 aromatic heterocycles. The lowest BCUT2D eigenvalue weighted by Gasteiger charge is -2.20. The number of pyridine rings is 2. The highest BCUT2D eigenvalue weighted by Gasteiger charge is 2.27. The Labute approximate surface area is 298 Å². The van der Waals surface area contributed by atoms with Crippen molar-refractivity contribution in [3.63, 3.8) is 0 Å². The van der Waals surface area contributed by atoms with E-state index in [0.29, 0.717) is 0 Å².